The number of rotatable bonds is 6. The van der Waals surface area contributed by atoms with E-state index in [9.17, 15) is 4.79 Å². The molecule has 4 nitrogen and oxygen atoms in total. The topological polar surface area (TPSA) is 51.5 Å². The van der Waals surface area contributed by atoms with E-state index < -0.39 is 5.97 Å². The van der Waals surface area contributed by atoms with Crippen LogP contribution in [0.15, 0.2) is 27.3 Å². The van der Waals surface area contributed by atoms with Crippen LogP contribution in [0.25, 0.3) is 0 Å². The van der Waals surface area contributed by atoms with E-state index in [0.717, 1.165) is 18.7 Å². The maximum absolute atomic E-state index is 11.5. The van der Waals surface area contributed by atoms with Crippen molar-refractivity contribution in [3.05, 3.63) is 45.5 Å². The summed E-state index contributed by atoms with van der Waals surface area (Å²) in [5, 5.41) is 7.69. The van der Waals surface area contributed by atoms with Crippen LogP contribution in [-0.2, 0) is 4.74 Å². The van der Waals surface area contributed by atoms with Gasteiger partial charge in [-0.1, -0.05) is 6.92 Å². The van der Waals surface area contributed by atoms with E-state index in [0.29, 0.717) is 0 Å². The number of aryl methyl sites for hydroxylation is 1. The van der Waals surface area contributed by atoms with Crippen LogP contribution in [0.4, 0.5) is 0 Å². The van der Waals surface area contributed by atoms with Crippen LogP contribution < -0.4 is 5.32 Å². The Kier molecular flexibility index (Phi) is 4.98. The number of nitrogens with one attached hydrogen (secondary N) is 1. The minimum Gasteiger partial charge on any atom is -0.463 e. The molecule has 0 aliphatic heterocycles. The summed E-state index contributed by atoms with van der Waals surface area (Å²) in [5.41, 5.74) is 2.41. The van der Waals surface area contributed by atoms with Gasteiger partial charge in [-0.15, -0.1) is 0 Å². The van der Waals surface area contributed by atoms with Crippen molar-refractivity contribution in [3.8, 4) is 0 Å². The zero-order chi connectivity index (χ0) is 14.5. The molecule has 0 fully saturated rings. The van der Waals surface area contributed by atoms with Gasteiger partial charge >= 0.3 is 5.97 Å². The van der Waals surface area contributed by atoms with Crippen molar-refractivity contribution < 1.29 is 13.9 Å². The fraction of sp³-hybridized carbons (Fsp3) is 0.400. The molecule has 0 saturated carbocycles. The van der Waals surface area contributed by atoms with Crippen molar-refractivity contribution in [3.63, 3.8) is 0 Å². The second-order valence-corrected chi connectivity index (χ2v) is 5.33. The Bertz CT molecular complexity index is 573. The van der Waals surface area contributed by atoms with Gasteiger partial charge in [0.15, 0.2) is 0 Å². The largest absolute Gasteiger partial charge is 0.463 e. The lowest BCUT2D eigenvalue weighted by atomic mass is 10.0. The van der Waals surface area contributed by atoms with Gasteiger partial charge in [0, 0.05) is 0 Å². The highest BCUT2D eigenvalue weighted by atomic mass is 32.1. The van der Waals surface area contributed by atoms with E-state index in [1.54, 1.807) is 17.4 Å². The smallest absolute Gasteiger partial charge is 0.373 e. The summed E-state index contributed by atoms with van der Waals surface area (Å²) in [7, 11) is 1.35. The van der Waals surface area contributed by atoms with Gasteiger partial charge in [-0.25, -0.2) is 4.79 Å². The Balaban J connectivity index is 2.29. The maximum atomic E-state index is 11.5. The molecule has 0 aromatic carbocycles. The number of methoxy groups -OCH3 is 1. The second kappa shape index (κ2) is 6.72. The van der Waals surface area contributed by atoms with Crippen molar-refractivity contribution in [2.45, 2.75) is 26.3 Å². The molecule has 5 heteroatoms. The molecule has 2 heterocycles. The summed E-state index contributed by atoms with van der Waals surface area (Å²) in [5.74, 6) is 0.520. The first-order valence-electron chi connectivity index (χ1n) is 6.61. The first kappa shape index (κ1) is 14.8. The number of hydrogen-bond acceptors (Lipinski definition) is 5. The number of carbonyl (C=O) groups excluding carboxylic acids is 1. The summed E-state index contributed by atoms with van der Waals surface area (Å²) in [6.07, 6.45) is 1.03. The van der Waals surface area contributed by atoms with Crippen molar-refractivity contribution in [2.24, 2.45) is 0 Å². The summed E-state index contributed by atoms with van der Waals surface area (Å²) in [4.78, 5) is 11.5. The average Bonchev–Trinajstić information content (AvgIpc) is 3.09. The van der Waals surface area contributed by atoms with Crippen LogP contribution in [0.3, 0.4) is 0 Å². The molecule has 0 radical (unpaired) electrons. The lowest BCUT2D eigenvalue weighted by molar-refractivity contribution is 0.0562. The van der Waals surface area contributed by atoms with Crippen LogP contribution in [0.1, 0.15) is 46.8 Å². The number of carbonyl (C=O) groups is 1. The zero-order valence-electron chi connectivity index (χ0n) is 11.9. The molecule has 20 heavy (non-hydrogen) atoms. The van der Waals surface area contributed by atoms with E-state index in [2.05, 4.69) is 34.7 Å². The van der Waals surface area contributed by atoms with Gasteiger partial charge in [0.25, 0.3) is 0 Å². The number of esters is 1. The molecule has 0 amide bonds. The fourth-order valence-electron chi connectivity index (χ4n) is 2.04. The molecule has 2 aromatic heterocycles. The van der Waals surface area contributed by atoms with Crippen molar-refractivity contribution >= 4 is 17.3 Å². The third-order valence-corrected chi connectivity index (χ3v) is 3.98. The number of thiophene rings is 1. The predicted octanol–water partition coefficient (Wildman–Crippen LogP) is 3.53. The van der Waals surface area contributed by atoms with Crippen LogP contribution in [0, 0.1) is 6.92 Å². The molecule has 1 N–H and O–H groups in total. The van der Waals surface area contributed by atoms with Gasteiger partial charge < -0.3 is 14.5 Å². The third-order valence-electron chi connectivity index (χ3n) is 3.10. The standard InChI is InChI=1S/C15H19NO3S/c1-4-7-16-14(11-9-20-8-10(11)2)12-5-6-13(19-12)15(17)18-3/h5-6,8-9,14,16H,4,7H2,1-3H3. The quantitative estimate of drug-likeness (QED) is 0.828. The third kappa shape index (κ3) is 3.11. The number of ether oxygens (including phenoxy) is 1. The van der Waals surface area contributed by atoms with Crippen LogP contribution in [0.5, 0.6) is 0 Å². The molecule has 0 saturated heterocycles. The highest BCUT2D eigenvalue weighted by Gasteiger charge is 2.21. The Labute approximate surface area is 122 Å². The monoisotopic (exact) mass is 293 g/mol. The van der Waals surface area contributed by atoms with Crippen molar-refractivity contribution in [1.29, 1.82) is 0 Å². The molecule has 1 atom stereocenters. The summed E-state index contributed by atoms with van der Waals surface area (Å²) in [6, 6.07) is 3.46. The summed E-state index contributed by atoms with van der Waals surface area (Å²) >= 11 is 1.67. The van der Waals surface area contributed by atoms with Gasteiger partial charge in [0.1, 0.15) is 5.76 Å². The van der Waals surface area contributed by atoms with E-state index in [1.807, 2.05) is 6.07 Å². The molecular weight excluding hydrogens is 274 g/mol. The van der Waals surface area contributed by atoms with E-state index in [-0.39, 0.29) is 11.8 Å². The van der Waals surface area contributed by atoms with Gasteiger partial charge in [-0.05, 0) is 53.9 Å². The summed E-state index contributed by atoms with van der Waals surface area (Å²) in [6.45, 7) is 5.08. The van der Waals surface area contributed by atoms with Crippen LogP contribution in [0.2, 0.25) is 0 Å². The molecule has 0 spiro atoms. The molecule has 2 rings (SSSR count). The highest BCUT2D eigenvalue weighted by molar-refractivity contribution is 7.08. The highest BCUT2D eigenvalue weighted by Crippen LogP contribution is 2.29. The van der Waals surface area contributed by atoms with Gasteiger partial charge in [0.05, 0.1) is 13.2 Å². The first-order chi connectivity index (χ1) is 9.67. The number of furan rings is 1. The molecule has 0 aliphatic carbocycles. The van der Waals surface area contributed by atoms with Gasteiger partial charge in [-0.3, -0.25) is 0 Å². The predicted molar refractivity (Wildman–Crippen MR) is 79.2 cm³/mol. The lowest BCUT2D eigenvalue weighted by Crippen LogP contribution is -2.23. The van der Waals surface area contributed by atoms with E-state index in [4.69, 9.17) is 4.42 Å². The van der Waals surface area contributed by atoms with E-state index >= 15 is 0 Å². The van der Waals surface area contributed by atoms with E-state index in [1.165, 1.54) is 18.2 Å². The molecule has 1 unspecified atom stereocenters. The fourth-order valence-corrected chi connectivity index (χ4v) is 2.91. The van der Waals surface area contributed by atoms with Crippen LogP contribution >= 0.6 is 11.3 Å². The second-order valence-electron chi connectivity index (χ2n) is 4.59. The maximum Gasteiger partial charge on any atom is 0.373 e. The average molecular weight is 293 g/mol. The van der Waals surface area contributed by atoms with Crippen molar-refractivity contribution in [1.82, 2.24) is 5.32 Å². The Morgan fingerprint density at radius 1 is 1.45 bits per heavy atom. The SMILES string of the molecule is CCCNC(c1ccc(C(=O)OC)o1)c1cscc1C. The van der Waals surface area contributed by atoms with Gasteiger partial charge in [-0.2, -0.15) is 11.3 Å². The molecule has 2 aromatic rings. The minimum absolute atomic E-state index is 0.0281. The first-order valence-corrected chi connectivity index (χ1v) is 7.55. The van der Waals surface area contributed by atoms with Gasteiger partial charge in [0.2, 0.25) is 5.76 Å². The lowest BCUT2D eigenvalue weighted by Gasteiger charge is -2.16. The Morgan fingerprint density at radius 3 is 2.85 bits per heavy atom. The summed E-state index contributed by atoms with van der Waals surface area (Å²) < 4.78 is 10.3. The normalized spacial score (nSPS) is 12.3. The van der Waals surface area contributed by atoms with Crippen molar-refractivity contribution in [2.75, 3.05) is 13.7 Å². The number of hydrogen-bond donors (Lipinski definition) is 1. The zero-order valence-corrected chi connectivity index (χ0v) is 12.8. The Hall–Kier alpha value is -1.59. The molecule has 108 valence electrons. The molecule has 0 aliphatic rings. The molecular formula is C15H19NO3S. The molecule has 0 bridgehead atoms. The van der Waals surface area contributed by atoms with Crippen LogP contribution in [-0.4, -0.2) is 19.6 Å². The Morgan fingerprint density at radius 2 is 2.25 bits per heavy atom. The minimum atomic E-state index is -0.451.